The first-order chi connectivity index (χ1) is 11.9. The molecule has 25 heavy (non-hydrogen) atoms. The van der Waals surface area contributed by atoms with Crippen molar-refractivity contribution in [1.29, 1.82) is 0 Å². The van der Waals surface area contributed by atoms with Crippen LogP contribution < -0.4 is 4.72 Å². The van der Waals surface area contributed by atoms with Crippen LogP contribution in [0, 0.1) is 0 Å². The maximum atomic E-state index is 13.3. The predicted octanol–water partition coefficient (Wildman–Crippen LogP) is 5.25. The molecule has 136 valence electrons. The molecule has 3 rings (SSSR count). The Bertz CT molecular complexity index is 689. The van der Waals surface area contributed by atoms with E-state index in [1.807, 2.05) is 37.3 Å². The van der Waals surface area contributed by atoms with E-state index in [9.17, 15) is 13.2 Å². The fourth-order valence-corrected chi connectivity index (χ4v) is 4.91. The van der Waals surface area contributed by atoms with E-state index >= 15 is 0 Å². The van der Waals surface area contributed by atoms with Crippen molar-refractivity contribution >= 4 is 16.7 Å². The first kappa shape index (κ1) is 18.2. The molecule has 1 fully saturated rings. The molecular weight excluding hydrogens is 347 g/mol. The number of nitrogens with one attached hydrogen (secondary N) is 1. The number of halogens is 3. The minimum absolute atomic E-state index is 0.164. The number of benzene rings is 1. The van der Waals surface area contributed by atoms with E-state index in [4.69, 9.17) is 0 Å². The average molecular weight is 369 g/mol. The van der Waals surface area contributed by atoms with E-state index in [0.29, 0.717) is 0 Å². The second kappa shape index (κ2) is 7.72. The van der Waals surface area contributed by atoms with Gasteiger partial charge in [0.15, 0.2) is 5.70 Å². The van der Waals surface area contributed by atoms with Gasteiger partial charge in [-0.1, -0.05) is 49.6 Å². The maximum absolute atomic E-state index is 13.3. The number of nitrogens with zero attached hydrogens (tertiary/aromatic N) is 2. The number of hydrogen-bond acceptors (Lipinski definition) is 2. The number of aliphatic imine (C=N–C) groups is 1. The molecule has 1 N–H and O–H groups in total. The highest BCUT2D eigenvalue weighted by Gasteiger charge is 2.37. The van der Waals surface area contributed by atoms with Gasteiger partial charge in [-0.15, -0.1) is 0 Å². The van der Waals surface area contributed by atoms with Crippen LogP contribution in [0.1, 0.15) is 50.6 Å². The molecule has 1 aromatic carbocycles. The molecule has 0 amide bonds. The molecule has 2 atom stereocenters. The van der Waals surface area contributed by atoms with E-state index in [2.05, 4.69) is 14.1 Å². The Labute approximate surface area is 148 Å². The van der Waals surface area contributed by atoms with Gasteiger partial charge in [0.25, 0.3) is 0 Å². The third-order valence-corrected chi connectivity index (χ3v) is 6.37. The Kier molecular flexibility index (Phi) is 5.61. The summed E-state index contributed by atoms with van der Waals surface area (Å²) in [5, 5.41) is 0.164. The Hall–Kier alpha value is -1.63. The van der Waals surface area contributed by atoms with Gasteiger partial charge in [0, 0.05) is 22.2 Å². The molecule has 1 aliphatic carbocycles. The first-order valence-corrected chi connectivity index (χ1v) is 9.81. The average Bonchev–Trinajstić information content (AvgIpc) is 2.62. The monoisotopic (exact) mass is 369 g/mol. The van der Waals surface area contributed by atoms with Crippen molar-refractivity contribution in [2.45, 2.75) is 56.5 Å². The molecule has 1 aliphatic heterocycles. The van der Waals surface area contributed by atoms with Crippen molar-refractivity contribution in [3.05, 3.63) is 47.7 Å². The molecule has 2 aliphatic rings. The van der Waals surface area contributed by atoms with E-state index in [1.165, 1.54) is 0 Å². The zero-order valence-electron chi connectivity index (χ0n) is 14.1. The summed E-state index contributed by atoms with van der Waals surface area (Å²) in [4.78, 5) is 4.49. The van der Waals surface area contributed by atoms with Crippen molar-refractivity contribution in [3.63, 3.8) is 0 Å². The smallest absolute Gasteiger partial charge is 0.306 e. The molecule has 0 saturated heterocycles. The summed E-state index contributed by atoms with van der Waals surface area (Å²) in [5.74, 6) is 0.285. The Balaban J connectivity index is 1.88. The number of amidine groups is 1. The highest BCUT2D eigenvalue weighted by Crippen LogP contribution is 2.31. The SMILES string of the molecule is C[C@H](N=C1C=C(C(F)(F)F)N=[S@](C2CCCCC2)N1)c1ccccc1. The fourth-order valence-electron chi connectivity index (χ4n) is 3.08. The van der Waals surface area contributed by atoms with Crippen LogP contribution >= 0.6 is 0 Å². The lowest BCUT2D eigenvalue weighted by atomic mass is 10.0. The van der Waals surface area contributed by atoms with Gasteiger partial charge < -0.3 is 4.72 Å². The second-order valence-electron chi connectivity index (χ2n) is 6.40. The zero-order valence-corrected chi connectivity index (χ0v) is 14.9. The van der Waals surface area contributed by atoms with Crippen LogP contribution in [0.2, 0.25) is 0 Å². The zero-order chi connectivity index (χ0) is 17.9. The van der Waals surface area contributed by atoms with E-state index in [-0.39, 0.29) is 17.1 Å². The summed E-state index contributed by atoms with van der Waals surface area (Å²) in [6.45, 7) is 1.88. The van der Waals surface area contributed by atoms with Gasteiger partial charge in [0.2, 0.25) is 0 Å². The lowest BCUT2D eigenvalue weighted by Crippen LogP contribution is -2.37. The van der Waals surface area contributed by atoms with Crippen molar-refractivity contribution in [1.82, 2.24) is 4.72 Å². The van der Waals surface area contributed by atoms with Crippen molar-refractivity contribution in [2.75, 3.05) is 0 Å². The second-order valence-corrected chi connectivity index (χ2v) is 8.08. The standard InChI is InChI=1S/C18H22F3N3S/c1-13(14-8-4-2-5-9-14)22-17-12-16(18(19,20)21)23-25(24-17)15-10-6-3-7-11-15/h2,4-5,8-9,12-13,15H,3,6-7,10-11H2,1H3,(H,22,23,24)/t13-,25-/m0/s1. The minimum atomic E-state index is -4.45. The van der Waals surface area contributed by atoms with Crippen LogP contribution in [0.5, 0.6) is 0 Å². The third-order valence-electron chi connectivity index (χ3n) is 4.45. The number of allylic oxidation sites excluding steroid dienone is 1. The Morgan fingerprint density at radius 2 is 1.84 bits per heavy atom. The van der Waals surface area contributed by atoms with Crippen molar-refractivity contribution in [3.8, 4) is 0 Å². The van der Waals surface area contributed by atoms with Gasteiger partial charge in [0.1, 0.15) is 5.84 Å². The fraction of sp³-hybridized carbons (Fsp3) is 0.500. The highest BCUT2D eigenvalue weighted by atomic mass is 32.2. The summed E-state index contributed by atoms with van der Waals surface area (Å²) in [6.07, 6.45) is 1.71. The number of alkyl halides is 3. The molecule has 0 bridgehead atoms. The molecule has 0 radical (unpaired) electrons. The molecule has 3 nitrogen and oxygen atoms in total. The van der Waals surface area contributed by atoms with Crippen molar-refractivity contribution < 1.29 is 13.2 Å². The first-order valence-electron chi connectivity index (χ1n) is 8.57. The quantitative estimate of drug-likeness (QED) is 0.777. The summed E-state index contributed by atoms with van der Waals surface area (Å²) in [5.41, 5.74) is 0.151. The molecule has 0 unspecified atom stereocenters. The van der Waals surface area contributed by atoms with E-state index in [0.717, 1.165) is 43.7 Å². The molecule has 0 aromatic heterocycles. The van der Waals surface area contributed by atoms with E-state index in [1.54, 1.807) is 0 Å². The molecular formula is C18H22F3N3S. The lowest BCUT2D eigenvalue weighted by molar-refractivity contribution is -0.0920. The maximum Gasteiger partial charge on any atom is 0.434 e. The normalized spacial score (nSPS) is 25.0. The van der Waals surface area contributed by atoms with Gasteiger partial charge in [-0.25, -0.2) is 4.36 Å². The molecule has 1 heterocycles. The molecule has 1 saturated carbocycles. The number of rotatable bonds is 3. The van der Waals surface area contributed by atoms with Crippen LogP contribution in [0.4, 0.5) is 13.2 Å². The summed E-state index contributed by atoms with van der Waals surface area (Å²) in [6, 6.07) is 9.35. The Morgan fingerprint density at radius 1 is 1.16 bits per heavy atom. The lowest BCUT2D eigenvalue weighted by Gasteiger charge is -2.28. The minimum Gasteiger partial charge on any atom is -0.306 e. The molecule has 1 aromatic rings. The van der Waals surface area contributed by atoms with Crippen LogP contribution in [0.3, 0.4) is 0 Å². The van der Waals surface area contributed by atoms with Crippen molar-refractivity contribution in [2.24, 2.45) is 9.36 Å². The summed E-state index contributed by atoms with van der Waals surface area (Å²) < 4.78 is 47.0. The van der Waals surface area contributed by atoms with Gasteiger partial charge in [-0.3, -0.25) is 4.99 Å². The van der Waals surface area contributed by atoms with Crippen LogP contribution in [0.15, 0.2) is 51.5 Å². The van der Waals surface area contributed by atoms with Gasteiger partial charge >= 0.3 is 6.18 Å². The number of hydrogen-bond donors (Lipinski definition) is 1. The largest absolute Gasteiger partial charge is 0.434 e. The highest BCUT2D eigenvalue weighted by molar-refractivity contribution is 7.86. The third kappa shape index (κ3) is 4.71. The van der Waals surface area contributed by atoms with Crippen LogP contribution in [-0.4, -0.2) is 17.3 Å². The van der Waals surface area contributed by atoms with Crippen LogP contribution in [0.25, 0.3) is 0 Å². The van der Waals surface area contributed by atoms with E-state index < -0.39 is 22.8 Å². The van der Waals surface area contributed by atoms with Crippen LogP contribution in [-0.2, 0) is 10.9 Å². The van der Waals surface area contributed by atoms with Gasteiger partial charge in [0.05, 0.1) is 6.04 Å². The Morgan fingerprint density at radius 3 is 2.48 bits per heavy atom. The molecule has 7 heteroatoms. The van der Waals surface area contributed by atoms with Gasteiger partial charge in [-0.2, -0.15) is 13.2 Å². The topological polar surface area (TPSA) is 36.8 Å². The van der Waals surface area contributed by atoms with Gasteiger partial charge in [-0.05, 0) is 25.3 Å². The predicted molar refractivity (Wildman–Crippen MR) is 96.2 cm³/mol. The molecule has 0 spiro atoms. The summed E-state index contributed by atoms with van der Waals surface area (Å²) in [7, 11) is -0.855. The summed E-state index contributed by atoms with van der Waals surface area (Å²) >= 11 is 0.